The molecule has 0 radical (unpaired) electrons. The lowest BCUT2D eigenvalue weighted by Crippen LogP contribution is -2.21. The molecule has 1 aliphatic heterocycles. The molecule has 15 heavy (non-hydrogen) atoms. The van der Waals surface area contributed by atoms with E-state index in [-0.39, 0.29) is 12.2 Å². The van der Waals surface area contributed by atoms with Gasteiger partial charge in [-0.25, -0.2) is 9.69 Å². The number of amides is 1. The van der Waals surface area contributed by atoms with Gasteiger partial charge in [-0.15, -0.1) is 0 Å². The molecule has 0 saturated carbocycles. The van der Waals surface area contributed by atoms with Crippen LogP contribution in [-0.4, -0.2) is 12.2 Å². The van der Waals surface area contributed by atoms with E-state index in [1.165, 1.54) is 4.90 Å². The Labute approximate surface area is 89.0 Å². The molecule has 1 heterocycles. The summed E-state index contributed by atoms with van der Waals surface area (Å²) >= 11 is 0. The van der Waals surface area contributed by atoms with E-state index in [0.29, 0.717) is 5.70 Å². The fourth-order valence-corrected chi connectivity index (χ4v) is 1.54. The summed E-state index contributed by atoms with van der Waals surface area (Å²) in [7, 11) is 0. The topological polar surface area (TPSA) is 29.5 Å². The molecule has 1 amide bonds. The fraction of sp³-hybridized carbons (Fsp3) is 0.250. The van der Waals surface area contributed by atoms with Crippen molar-refractivity contribution in [2.75, 3.05) is 4.90 Å². The Morgan fingerprint density at radius 2 is 1.93 bits per heavy atom. The van der Waals surface area contributed by atoms with Crippen molar-refractivity contribution in [1.82, 2.24) is 0 Å². The first-order valence-corrected chi connectivity index (χ1v) is 4.86. The minimum atomic E-state index is -0.351. The quantitative estimate of drug-likeness (QED) is 0.702. The highest BCUT2D eigenvalue weighted by Crippen LogP contribution is 2.28. The van der Waals surface area contributed by atoms with Crippen molar-refractivity contribution in [3.05, 3.63) is 42.1 Å². The van der Waals surface area contributed by atoms with Gasteiger partial charge in [0, 0.05) is 0 Å². The minimum Gasteiger partial charge on any atom is -0.439 e. The molecule has 0 bridgehead atoms. The van der Waals surface area contributed by atoms with Crippen LogP contribution in [0.25, 0.3) is 0 Å². The van der Waals surface area contributed by atoms with Gasteiger partial charge in [0.25, 0.3) is 0 Å². The van der Waals surface area contributed by atoms with Gasteiger partial charge in [-0.2, -0.15) is 0 Å². The highest BCUT2D eigenvalue weighted by molar-refractivity contribution is 5.94. The number of rotatable bonds is 1. The van der Waals surface area contributed by atoms with Crippen molar-refractivity contribution in [2.45, 2.75) is 20.0 Å². The maximum Gasteiger partial charge on any atom is 0.419 e. The number of carbonyl (C=O) groups excluding carboxylic acids is 1. The molecule has 3 heteroatoms. The number of ether oxygens (including phenoxy) is 1. The summed E-state index contributed by atoms with van der Waals surface area (Å²) in [6.07, 6.45) is -0.588. The lowest BCUT2D eigenvalue weighted by molar-refractivity contribution is 0.154. The Kier molecular flexibility index (Phi) is 2.23. The Hall–Kier alpha value is -1.77. The largest absolute Gasteiger partial charge is 0.439 e. The van der Waals surface area contributed by atoms with Crippen molar-refractivity contribution in [1.29, 1.82) is 0 Å². The number of hydrogen-bond donors (Lipinski definition) is 0. The molecule has 1 unspecified atom stereocenters. The van der Waals surface area contributed by atoms with E-state index in [2.05, 4.69) is 6.58 Å². The highest BCUT2D eigenvalue weighted by atomic mass is 16.6. The van der Waals surface area contributed by atoms with Crippen LogP contribution in [0.3, 0.4) is 0 Å². The second-order valence-corrected chi connectivity index (χ2v) is 3.69. The van der Waals surface area contributed by atoms with E-state index in [4.69, 9.17) is 4.74 Å². The molecule has 0 aromatic heterocycles. The lowest BCUT2D eigenvalue weighted by atomic mass is 10.2. The van der Waals surface area contributed by atoms with Gasteiger partial charge in [-0.05, 0) is 26.0 Å². The Morgan fingerprint density at radius 3 is 2.40 bits per heavy atom. The third kappa shape index (κ3) is 1.61. The zero-order valence-corrected chi connectivity index (χ0v) is 8.86. The first kappa shape index (κ1) is 9.77. The summed E-state index contributed by atoms with van der Waals surface area (Å²) in [5.41, 5.74) is 2.65. The molecule has 0 N–H and O–H groups in total. The number of hydrogen-bond acceptors (Lipinski definition) is 2. The average molecular weight is 203 g/mol. The molecule has 0 spiro atoms. The van der Waals surface area contributed by atoms with Gasteiger partial charge >= 0.3 is 6.09 Å². The van der Waals surface area contributed by atoms with Crippen LogP contribution in [0.1, 0.15) is 12.5 Å². The summed E-state index contributed by atoms with van der Waals surface area (Å²) in [4.78, 5) is 13.0. The summed E-state index contributed by atoms with van der Waals surface area (Å²) in [5.74, 6) is 0. The van der Waals surface area contributed by atoms with Crippen LogP contribution < -0.4 is 4.90 Å². The maximum absolute atomic E-state index is 11.5. The van der Waals surface area contributed by atoms with Gasteiger partial charge < -0.3 is 4.74 Å². The number of carbonyl (C=O) groups is 1. The number of aryl methyl sites for hydroxylation is 1. The summed E-state index contributed by atoms with van der Waals surface area (Å²) in [6.45, 7) is 7.66. The van der Waals surface area contributed by atoms with Crippen LogP contribution in [-0.2, 0) is 4.74 Å². The number of anilines is 1. The SMILES string of the molecule is C=C1C(C)OC(=O)N1c1ccc(C)cc1. The molecule has 1 atom stereocenters. The first-order chi connectivity index (χ1) is 7.09. The van der Waals surface area contributed by atoms with Gasteiger partial charge in [0.2, 0.25) is 0 Å². The molecule has 0 aliphatic carbocycles. The summed E-state index contributed by atoms with van der Waals surface area (Å²) < 4.78 is 5.06. The summed E-state index contributed by atoms with van der Waals surface area (Å²) in [5, 5.41) is 0. The first-order valence-electron chi connectivity index (χ1n) is 4.86. The molecule has 1 saturated heterocycles. The van der Waals surface area contributed by atoms with Crippen molar-refractivity contribution >= 4 is 11.8 Å². The van der Waals surface area contributed by atoms with Crippen molar-refractivity contribution < 1.29 is 9.53 Å². The van der Waals surface area contributed by atoms with Crippen LogP contribution in [0, 0.1) is 6.92 Å². The normalized spacial score (nSPS) is 20.7. The molecule has 3 nitrogen and oxygen atoms in total. The minimum absolute atomic E-state index is 0.237. The van der Waals surface area contributed by atoms with E-state index in [9.17, 15) is 4.79 Å². The van der Waals surface area contributed by atoms with Crippen LogP contribution in [0.5, 0.6) is 0 Å². The highest BCUT2D eigenvalue weighted by Gasteiger charge is 2.33. The van der Waals surface area contributed by atoms with Crippen molar-refractivity contribution in [3.63, 3.8) is 0 Å². The van der Waals surface area contributed by atoms with Gasteiger partial charge in [-0.3, -0.25) is 0 Å². The van der Waals surface area contributed by atoms with Crippen molar-refractivity contribution in [3.8, 4) is 0 Å². The van der Waals surface area contributed by atoms with Gasteiger partial charge in [-0.1, -0.05) is 24.3 Å². The average Bonchev–Trinajstić information content (AvgIpc) is 2.44. The Balaban J connectivity index is 2.35. The number of benzene rings is 1. The van der Waals surface area contributed by atoms with E-state index in [0.717, 1.165) is 11.3 Å². The predicted octanol–water partition coefficient (Wildman–Crippen LogP) is 2.85. The number of nitrogens with zero attached hydrogens (tertiary/aromatic N) is 1. The Morgan fingerprint density at radius 1 is 1.33 bits per heavy atom. The fourth-order valence-electron chi connectivity index (χ4n) is 1.54. The number of cyclic esters (lactones) is 1. The third-order valence-corrected chi connectivity index (χ3v) is 2.51. The van der Waals surface area contributed by atoms with E-state index in [1.54, 1.807) is 0 Å². The predicted molar refractivity (Wildman–Crippen MR) is 58.7 cm³/mol. The molecular formula is C12H13NO2. The van der Waals surface area contributed by atoms with Crippen LogP contribution >= 0.6 is 0 Å². The zero-order chi connectivity index (χ0) is 11.0. The van der Waals surface area contributed by atoms with Gasteiger partial charge in [0.05, 0.1) is 11.4 Å². The van der Waals surface area contributed by atoms with Crippen LogP contribution in [0.2, 0.25) is 0 Å². The third-order valence-electron chi connectivity index (χ3n) is 2.51. The molecule has 1 aromatic carbocycles. The van der Waals surface area contributed by atoms with Gasteiger partial charge in [0.15, 0.2) is 0 Å². The van der Waals surface area contributed by atoms with E-state index >= 15 is 0 Å². The van der Waals surface area contributed by atoms with E-state index in [1.807, 2.05) is 38.1 Å². The molecule has 1 aromatic rings. The second kappa shape index (κ2) is 3.42. The van der Waals surface area contributed by atoms with Gasteiger partial charge in [0.1, 0.15) is 6.10 Å². The lowest BCUT2D eigenvalue weighted by Gasteiger charge is -2.14. The molecular weight excluding hydrogens is 190 g/mol. The zero-order valence-electron chi connectivity index (χ0n) is 8.86. The van der Waals surface area contributed by atoms with E-state index < -0.39 is 0 Å². The van der Waals surface area contributed by atoms with Crippen LogP contribution in [0.4, 0.5) is 10.5 Å². The van der Waals surface area contributed by atoms with Crippen molar-refractivity contribution in [2.24, 2.45) is 0 Å². The molecule has 1 aliphatic rings. The molecule has 78 valence electrons. The van der Waals surface area contributed by atoms with Crippen LogP contribution in [0.15, 0.2) is 36.5 Å². The standard InChI is InChI=1S/C12H13NO2/c1-8-4-6-11(7-5-8)13-9(2)10(3)15-12(13)14/h4-7,10H,2H2,1,3H3. The Bertz CT molecular complexity index is 408. The summed E-state index contributed by atoms with van der Waals surface area (Å²) in [6, 6.07) is 7.69. The molecule has 1 fully saturated rings. The maximum atomic E-state index is 11.5. The monoisotopic (exact) mass is 203 g/mol. The smallest absolute Gasteiger partial charge is 0.419 e. The second-order valence-electron chi connectivity index (χ2n) is 3.69. The molecule has 2 rings (SSSR count).